The van der Waals surface area contributed by atoms with Crippen LogP contribution in [0.15, 0.2) is 0 Å². The summed E-state index contributed by atoms with van der Waals surface area (Å²) in [4.78, 5) is 12.4. The van der Waals surface area contributed by atoms with Crippen LogP contribution in [0, 0.1) is 17.8 Å². The van der Waals surface area contributed by atoms with Crippen LogP contribution < -0.4 is 10.6 Å². The summed E-state index contributed by atoms with van der Waals surface area (Å²) in [5.74, 6) is 2.36. The van der Waals surface area contributed by atoms with E-state index in [1.807, 2.05) is 0 Å². The molecule has 3 rings (SSSR count). The van der Waals surface area contributed by atoms with Gasteiger partial charge in [0.1, 0.15) is 0 Å². The fourth-order valence-corrected chi connectivity index (χ4v) is 4.29. The van der Waals surface area contributed by atoms with E-state index in [1.54, 1.807) is 0 Å². The van der Waals surface area contributed by atoms with E-state index < -0.39 is 0 Å². The van der Waals surface area contributed by atoms with Gasteiger partial charge in [0.2, 0.25) is 5.91 Å². The fraction of sp³-hybridized carbons (Fsp3) is 0.938. The topological polar surface area (TPSA) is 41.1 Å². The van der Waals surface area contributed by atoms with Crippen molar-refractivity contribution in [2.75, 3.05) is 13.1 Å². The van der Waals surface area contributed by atoms with E-state index in [1.165, 1.54) is 58.0 Å². The molecule has 0 aromatic carbocycles. The smallest absolute Gasteiger partial charge is 0.223 e. The summed E-state index contributed by atoms with van der Waals surface area (Å²) < 4.78 is 0. The van der Waals surface area contributed by atoms with E-state index in [4.69, 9.17) is 0 Å². The van der Waals surface area contributed by atoms with Gasteiger partial charge < -0.3 is 10.6 Å². The van der Waals surface area contributed by atoms with Crippen LogP contribution in [-0.2, 0) is 4.79 Å². The van der Waals surface area contributed by atoms with Gasteiger partial charge in [0, 0.05) is 12.0 Å². The highest BCUT2D eigenvalue weighted by Gasteiger charge is 2.34. The molecule has 0 aromatic heterocycles. The molecule has 19 heavy (non-hydrogen) atoms. The second kappa shape index (κ2) is 6.25. The van der Waals surface area contributed by atoms with E-state index >= 15 is 0 Å². The molecule has 108 valence electrons. The van der Waals surface area contributed by atoms with Crippen LogP contribution in [-0.4, -0.2) is 25.0 Å². The molecule has 1 unspecified atom stereocenters. The molecule has 3 aliphatic rings. The van der Waals surface area contributed by atoms with Crippen LogP contribution in [0.5, 0.6) is 0 Å². The van der Waals surface area contributed by atoms with E-state index in [2.05, 4.69) is 10.6 Å². The fourth-order valence-electron chi connectivity index (χ4n) is 4.29. The van der Waals surface area contributed by atoms with Crippen molar-refractivity contribution in [3.63, 3.8) is 0 Å². The molecule has 1 heterocycles. The zero-order chi connectivity index (χ0) is 13.1. The zero-order valence-electron chi connectivity index (χ0n) is 12.0. The van der Waals surface area contributed by atoms with Gasteiger partial charge >= 0.3 is 0 Å². The van der Waals surface area contributed by atoms with Gasteiger partial charge in [0.15, 0.2) is 0 Å². The Labute approximate surface area is 116 Å². The van der Waals surface area contributed by atoms with Gasteiger partial charge in [0.25, 0.3) is 0 Å². The summed E-state index contributed by atoms with van der Waals surface area (Å²) in [5, 5.41) is 6.86. The normalized spacial score (nSPS) is 36.5. The lowest BCUT2D eigenvalue weighted by atomic mass is 9.79. The number of hydrogen-bond acceptors (Lipinski definition) is 2. The first-order valence-corrected chi connectivity index (χ1v) is 8.34. The molecule has 0 aromatic rings. The Morgan fingerprint density at radius 3 is 2.42 bits per heavy atom. The quantitative estimate of drug-likeness (QED) is 0.752. The van der Waals surface area contributed by atoms with Gasteiger partial charge in [0.05, 0.1) is 0 Å². The average molecular weight is 264 g/mol. The third-order valence-corrected chi connectivity index (χ3v) is 5.53. The van der Waals surface area contributed by atoms with Crippen molar-refractivity contribution in [3.05, 3.63) is 0 Å². The molecule has 3 atom stereocenters. The van der Waals surface area contributed by atoms with Gasteiger partial charge in [-0.05, 0) is 57.0 Å². The Morgan fingerprint density at radius 2 is 1.63 bits per heavy atom. The molecule has 3 fully saturated rings. The SMILES string of the molecule is O=C(NC1CC[C@H]2CNC[C@H]2C1)C1CCCCCC1. The summed E-state index contributed by atoms with van der Waals surface area (Å²) in [6.07, 6.45) is 11.1. The first-order chi connectivity index (χ1) is 9.33. The minimum atomic E-state index is 0.307. The van der Waals surface area contributed by atoms with Gasteiger partial charge in [-0.15, -0.1) is 0 Å². The summed E-state index contributed by atoms with van der Waals surface area (Å²) in [5.41, 5.74) is 0. The minimum absolute atomic E-state index is 0.307. The highest BCUT2D eigenvalue weighted by Crippen LogP contribution is 2.33. The van der Waals surface area contributed by atoms with Crippen LogP contribution in [0.1, 0.15) is 57.8 Å². The van der Waals surface area contributed by atoms with Crippen molar-refractivity contribution in [3.8, 4) is 0 Å². The van der Waals surface area contributed by atoms with E-state index in [-0.39, 0.29) is 0 Å². The lowest BCUT2D eigenvalue weighted by Gasteiger charge is -2.32. The van der Waals surface area contributed by atoms with Gasteiger partial charge in [-0.3, -0.25) is 4.79 Å². The third kappa shape index (κ3) is 3.31. The van der Waals surface area contributed by atoms with Crippen molar-refractivity contribution in [1.29, 1.82) is 0 Å². The summed E-state index contributed by atoms with van der Waals surface area (Å²) >= 11 is 0. The standard InChI is InChI=1S/C16H28N2O/c19-16(12-5-3-1-2-4-6-12)18-15-8-7-13-10-17-11-14(13)9-15/h12-15,17H,1-11H2,(H,18,19)/t13-,14+,15?/m0/s1. The molecule has 0 bridgehead atoms. The van der Waals surface area contributed by atoms with E-state index in [0.29, 0.717) is 17.9 Å². The largest absolute Gasteiger partial charge is 0.353 e. The van der Waals surface area contributed by atoms with E-state index in [0.717, 1.165) is 24.7 Å². The highest BCUT2D eigenvalue weighted by atomic mass is 16.1. The molecule has 2 aliphatic carbocycles. The Morgan fingerprint density at radius 1 is 0.895 bits per heavy atom. The molecule has 1 amide bonds. The van der Waals surface area contributed by atoms with Crippen LogP contribution in [0.3, 0.4) is 0 Å². The highest BCUT2D eigenvalue weighted by molar-refractivity contribution is 5.78. The maximum atomic E-state index is 12.4. The number of fused-ring (bicyclic) bond motifs is 1. The van der Waals surface area contributed by atoms with Crippen LogP contribution in [0.2, 0.25) is 0 Å². The summed E-state index contributed by atoms with van der Waals surface area (Å²) in [6, 6.07) is 0.455. The maximum Gasteiger partial charge on any atom is 0.223 e. The summed E-state index contributed by atoms with van der Waals surface area (Å²) in [6.45, 7) is 2.37. The maximum absolute atomic E-state index is 12.4. The van der Waals surface area contributed by atoms with Crippen LogP contribution in [0.4, 0.5) is 0 Å². The first kappa shape index (κ1) is 13.4. The number of amides is 1. The van der Waals surface area contributed by atoms with Crippen LogP contribution in [0.25, 0.3) is 0 Å². The molecule has 3 nitrogen and oxygen atoms in total. The number of rotatable bonds is 2. The number of hydrogen-bond donors (Lipinski definition) is 2. The molecule has 1 saturated heterocycles. The lowest BCUT2D eigenvalue weighted by Crippen LogP contribution is -2.43. The average Bonchev–Trinajstić information content (AvgIpc) is 2.71. The molecule has 3 heteroatoms. The molecule has 2 saturated carbocycles. The predicted octanol–water partition coefficient (Wildman–Crippen LogP) is 2.46. The number of carbonyl (C=O) groups is 1. The van der Waals surface area contributed by atoms with Crippen molar-refractivity contribution >= 4 is 5.91 Å². The third-order valence-electron chi connectivity index (χ3n) is 5.53. The van der Waals surface area contributed by atoms with Gasteiger partial charge in [-0.1, -0.05) is 25.7 Å². The van der Waals surface area contributed by atoms with E-state index in [9.17, 15) is 4.79 Å². The summed E-state index contributed by atoms with van der Waals surface area (Å²) in [7, 11) is 0. The number of carbonyl (C=O) groups excluding carboxylic acids is 1. The Balaban J connectivity index is 1.48. The molecular formula is C16H28N2O. The monoisotopic (exact) mass is 264 g/mol. The molecule has 1 aliphatic heterocycles. The van der Waals surface area contributed by atoms with Crippen molar-refractivity contribution in [1.82, 2.24) is 10.6 Å². The molecule has 2 N–H and O–H groups in total. The Kier molecular flexibility index (Phi) is 4.42. The van der Waals surface area contributed by atoms with Crippen LogP contribution >= 0.6 is 0 Å². The van der Waals surface area contributed by atoms with Gasteiger partial charge in [-0.2, -0.15) is 0 Å². The zero-order valence-corrected chi connectivity index (χ0v) is 12.0. The first-order valence-electron chi connectivity index (χ1n) is 8.34. The second-order valence-corrected chi connectivity index (χ2v) is 6.89. The lowest BCUT2D eigenvalue weighted by molar-refractivity contribution is -0.126. The minimum Gasteiger partial charge on any atom is -0.353 e. The van der Waals surface area contributed by atoms with Crippen molar-refractivity contribution < 1.29 is 4.79 Å². The second-order valence-electron chi connectivity index (χ2n) is 6.89. The molecule has 0 radical (unpaired) electrons. The van der Waals surface area contributed by atoms with Gasteiger partial charge in [-0.25, -0.2) is 0 Å². The molecular weight excluding hydrogens is 236 g/mol. The Bertz CT molecular complexity index is 310. The Hall–Kier alpha value is -0.570. The molecule has 0 spiro atoms. The van der Waals surface area contributed by atoms with Crippen molar-refractivity contribution in [2.45, 2.75) is 63.8 Å². The predicted molar refractivity (Wildman–Crippen MR) is 76.8 cm³/mol. The van der Waals surface area contributed by atoms with Crippen molar-refractivity contribution in [2.24, 2.45) is 17.8 Å². The number of nitrogens with one attached hydrogen (secondary N) is 2.